The lowest BCUT2D eigenvalue weighted by atomic mass is 10.1. The molecule has 1 aliphatic rings. The number of nitrogens with zero attached hydrogens (tertiary/aromatic N) is 2. The average molecular weight is 322 g/mol. The van der Waals surface area contributed by atoms with E-state index in [-0.39, 0.29) is 31.1 Å². The number of carbonyl (C=O) groups is 2. The van der Waals surface area contributed by atoms with Gasteiger partial charge in [0.25, 0.3) is 11.6 Å². The molecule has 2 amide bonds. The summed E-state index contributed by atoms with van der Waals surface area (Å²) in [6, 6.07) is 3.91. The average Bonchev–Trinajstić information content (AvgIpc) is 2.47. The van der Waals surface area contributed by atoms with Gasteiger partial charge < -0.3 is 15.8 Å². The van der Waals surface area contributed by atoms with E-state index >= 15 is 0 Å². The van der Waals surface area contributed by atoms with Crippen molar-refractivity contribution in [3.63, 3.8) is 0 Å². The number of anilines is 1. The van der Waals surface area contributed by atoms with Crippen LogP contribution < -0.4 is 20.7 Å². The highest BCUT2D eigenvalue weighted by Gasteiger charge is 2.29. The zero-order valence-electron chi connectivity index (χ0n) is 12.9. The lowest BCUT2D eigenvalue weighted by molar-refractivity contribution is -0.384. The number of ether oxygens (including phenoxy) is 1. The third kappa shape index (κ3) is 4.16. The molecule has 0 fully saturated rings. The van der Waals surface area contributed by atoms with Gasteiger partial charge in [0.05, 0.1) is 10.6 Å². The molecule has 1 aliphatic heterocycles. The highest BCUT2D eigenvalue weighted by atomic mass is 16.6. The van der Waals surface area contributed by atoms with E-state index in [4.69, 9.17) is 10.5 Å². The van der Waals surface area contributed by atoms with E-state index in [0.29, 0.717) is 5.75 Å². The number of amides is 2. The van der Waals surface area contributed by atoms with E-state index in [0.717, 1.165) is 0 Å². The minimum atomic E-state index is -0.582. The van der Waals surface area contributed by atoms with E-state index in [9.17, 15) is 19.7 Å². The number of fused-ring (bicyclic) bond motifs is 1. The van der Waals surface area contributed by atoms with Gasteiger partial charge in [0, 0.05) is 24.2 Å². The van der Waals surface area contributed by atoms with Crippen LogP contribution in [-0.2, 0) is 9.59 Å². The lowest BCUT2D eigenvalue weighted by Gasteiger charge is -2.29. The first kappa shape index (κ1) is 16.7. The second-order valence-electron chi connectivity index (χ2n) is 5.94. The number of benzene rings is 1. The van der Waals surface area contributed by atoms with Crippen LogP contribution >= 0.6 is 0 Å². The molecule has 1 aromatic carbocycles. The Kier molecular flexibility index (Phi) is 4.50. The van der Waals surface area contributed by atoms with Crippen LogP contribution in [0.5, 0.6) is 5.75 Å². The van der Waals surface area contributed by atoms with Crippen LogP contribution in [-0.4, -0.2) is 42.0 Å². The van der Waals surface area contributed by atoms with Gasteiger partial charge in [-0.3, -0.25) is 24.6 Å². The second-order valence-corrected chi connectivity index (χ2v) is 5.94. The molecule has 0 unspecified atom stereocenters. The molecular weight excluding hydrogens is 304 g/mol. The maximum absolute atomic E-state index is 12.0. The number of non-ortho nitro benzene ring substituents is 1. The summed E-state index contributed by atoms with van der Waals surface area (Å²) in [5.74, 6) is -0.529. The van der Waals surface area contributed by atoms with Crippen LogP contribution in [0.15, 0.2) is 18.2 Å². The van der Waals surface area contributed by atoms with Gasteiger partial charge in [-0.15, -0.1) is 0 Å². The lowest BCUT2D eigenvalue weighted by Crippen LogP contribution is -2.49. The van der Waals surface area contributed by atoms with Crippen molar-refractivity contribution in [2.24, 2.45) is 5.73 Å². The van der Waals surface area contributed by atoms with Gasteiger partial charge in [-0.25, -0.2) is 0 Å². The molecule has 2 rings (SSSR count). The summed E-state index contributed by atoms with van der Waals surface area (Å²) < 4.78 is 5.23. The predicted molar refractivity (Wildman–Crippen MR) is 82.2 cm³/mol. The van der Waals surface area contributed by atoms with Crippen molar-refractivity contribution in [3.05, 3.63) is 28.3 Å². The molecule has 0 bridgehead atoms. The molecule has 23 heavy (non-hydrogen) atoms. The zero-order valence-corrected chi connectivity index (χ0v) is 12.9. The van der Waals surface area contributed by atoms with Gasteiger partial charge in [0.2, 0.25) is 5.91 Å². The summed E-state index contributed by atoms with van der Waals surface area (Å²) in [6.45, 7) is 3.27. The molecule has 0 radical (unpaired) electrons. The molecule has 0 aromatic heterocycles. The number of hydrogen-bond acceptors (Lipinski definition) is 6. The Morgan fingerprint density at radius 2 is 2.22 bits per heavy atom. The van der Waals surface area contributed by atoms with Crippen molar-refractivity contribution < 1.29 is 19.2 Å². The summed E-state index contributed by atoms with van der Waals surface area (Å²) in [5.41, 5.74) is 5.22. The molecule has 0 atom stereocenters. The molecule has 9 heteroatoms. The van der Waals surface area contributed by atoms with Gasteiger partial charge in [-0.1, -0.05) is 0 Å². The third-order valence-corrected chi connectivity index (χ3v) is 3.14. The van der Waals surface area contributed by atoms with E-state index in [2.05, 4.69) is 5.32 Å². The first-order valence-electron chi connectivity index (χ1n) is 6.94. The fraction of sp³-hybridized carbons (Fsp3) is 0.429. The number of nitrogens with one attached hydrogen (secondary N) is 1. The van der Waals surface area contributed by atoms with Gasteiger partial charge in [-0.05, 0) is 19.9 Å². The predicted octanol–water partition coefficient (Wildman–Crippen LogP) is 0.174. The van der Waals surface area contributed by atoms with Crippen LogP contribution in [0.25, 0.3) is 0 Å². The van der Waals surface area contributed by atoms with Crippen molar-refractivity contribution in [3.8, 4) is 5.75 Å². The molecule has 124 valence electrons. The molecule has 0 spiro atoms. The van der Waals surface area contributed by atoms with Crippen molar-refractivity contribution in [1.29, 1.82) is 0 Å². The van der Waals surface area contributed by atoms with E-state index in [1.807, 2.05) is 0 Å². The Bertz CT molecular complexity index is 653. The first-order valence-corrected chi connectivity index (χ1v) is 6.94. The van der Waals surface area contributed by atoms with Crippen molar-refractivity contribution >= 4 is 23.2 Å². The Hall–Kier alpha value is -2.68. The van der Waals surface area contributed by atoms with E-state index in [1.54, 1.807) is 13.8 Å². The SMILES string of the molecule is CC(C)(N)CNC(=O)CN1C(=O)COc2ccc([N+](=O)[O-])cc21. The second kappa shape index (κ2) is 6.21. The van der Waals surface area contributed by atoms with Gasteiger partial charge in [0.15, 0.2) is 6.61 Å². The fourth-order valence-electron chi connectivity index (χ4n) is 2.00. The normalized spacial score (nSPS) is 14.0. The van der Waals surface area contributed by atoms with Crippen LogP contribution in [0.3, 0.4) is 0 Å². The smallest absolute Gasteiger partial charge is 0.271 e. The monoisotopic (exact) mass is 322 g/mol. The maximum Gasteiger partial charge on any atom is 0.271 e. The number of hydrogen-bond donors (Lipinski definition) is 2. The fourth-order valence-corrected chi connectivity index (χ4v) is 2.00. The highest BCUT2D eigenvalue weighted by molar-refractivity contribution is 6.02. The molecule has 0 aliphatic carbocycles. The Balaban J connectivity index is 2.19. The van der Waals surface area contributed by atoms with Gasteiger partial charge in [-0.2, -0.15) is 0 Å². The molecule has 1 aromatic rings. The van der Waals surface area contributed by atoms with Crippen LogP contribution in [0, 0.1) is 10.1 Å². The molecule has 1 heterocycles. The highest BCUT2D eigenvalue weighted by Crippen LogP contribution is 2.35. The van der Waals surface area contributed by atoms with E-state index < -0.39 is 22.3 Å². The Labute approximate surface area is 132 Å². The molecular formula is C14H18N4O5. The molecule has 0 saturated carbocycles. The Morgan fingerprint density at radius 3 is 2.83 bits per heavy atom. The molecule has 0 saturated heterocycles. The van der Waals surface area contributed by atoms with Crippen molar-refractivity contribution in [2.45, 2.75) is 19.4 Å². The quantitative estimate of drug-likeness (QED) is 0.587. The summed E-state index contributed by atoms with van der Waals surface area (Å²) in [7, 11) is 0. The summed E-state index contributed by atoms with van der Waals surface area (Å²) in [4.78, 5) is 35.5. The number of nitro benzene ring substituents is 1. The van der Waals surface area contributed by atoms with Crippen LogP contribution in [0.2, 0.25) is 0 Å². The van der Waals surface area contributed by atoms with Crippen LogP contribution in [0.4, 0.5) is 11.4 Å². The van der Waals surface area contributed by atoms with Crippen molar-refractivity contribution in [1.82, 2.24) is 5.32 Å². The molecule has 9 nitrogen and oxygen atoms in total. The minimum Gasteiger partial charge on any atom is -0.482 e. The zero-order chi connectivity index (χ0) is 17.2. The summed E-state index contributed by atoms with van der Waals surface area (Å²) in [6.07, 6.45) is 0. The molecule has 3 N–H and O–H groups in total. The third-order valence-electron chi connectivity index (χ3n) is 3.14. The Morgan fingerprint density at radius 1 is 1.52 bits per heavy atom. The van der Waals surface area contributed by atoms with E-state index in [1.165, 1.54) is 23.1 Å². The van der Waals surface area contributed by atoms with Gasteiger partial charge in [0.1, 0.15) is 12.3 Å². The van der Waals surface area contributed by atoms with Crippen LogP contribution in [0.1, 0.15) is 13.8 Å². The standard InChI is InChI=1S/C14H18N4O5/c1-14(2,15)8-16-12(19)6-17-10-5-9(18(21)22)3-4-11(10)23-7-13(17)20/h3-5H,6-8,15H2,1-2H3,(H,16,19). The van der Waals surface area contributed by atoms with Gasteiger partial charge >= 0.3 is 0 Å². The largest absolute Gasteiger partial charge is 0.482 e. The number of nitrogens with two attached hydrogens (primary N) is 1. The topological polar surface area (TPSA) is 128 Å². The maximum atomic E-state index is 12.0. The number of carbonyl (C=O) groups excluding carboxylic acids is 2. The first-order chi connectivity index (χ1) is 10.7. The summed E-state index contributed by atoms with van der Waals surface area (Å²) in [5, 5.41) is 13.5. The van der Waals surface area contributed by atoms with Crippen molar-refractivity contribution in [2.75, 3.05) is 24.6 Å². The minimum absolute atomic E-state index is 0.185. The summed E-state index contributed by atoms with van der Waals surface area (Å²) >= 11 is 0. The number of nitro groups is 1. The number of rotatable bonds is 5.